The standard InChI is InChI=1S/C9H22N2O2/c1-7(2)5-8(6-12)11-9(13)3-4-10/h7-9,11-13H,3-6,10H2,1-2H3. The summed E-state index contributed by atoms with van der Waals surface area (Å²) in [4.78, 5) is 0. The predicted molar refractivity (Wildman–Crippen MR) is 53.1 cm³/mol. The van der Waals surface area contributed by atoms with Crippen LogP contribution in [0.2, 0.25) is 0 Å². The highest BCUT2D eigenvalue weighted by Crippen LogP contribution is 2.04. The Bertz CT molecular complexity index is 120. The van der Waals surface area contributed by atoms with Crippen LogP contribution >= 0.6 is 0 Å². The SMILES string of the molecule is CC(C)CC(CO)NC(O)CCN. The number of aliphatic hydroxyl groups excluding tert-OH is 2. The van der Waals surface area contributed by atoms with Crippen molar-refractivity contribution in [2.24, 2.45) is 11.7 Å². The van der Waals surface area contributed by atoms with Crippen molar-refractivity contribution >= 4 is 0 Å². The highest BCUT2D eigenvalue weighted by atomic mass is 16.3. The Morgan fingerprint density at radius 2 is 2.00 bits per heavy atom. The smallest absolute Gasteiger partial charge is 0.106 e. The van der Waals surface area contributed by atoms with Gasteiger partial charge in [0.25, 0.3) is 0 Å². The summed E-state index contributed by atoms with van der Waals surface area (Å²) >= 11 is 0. The summed E-state index contributed by atoms with van der Waals surface area (Å²) in [5.74, 6) is 0.509. The second kappa shape index (κ2) is 7.26. The molecule has 0 fully saturated rings. The quantitative estimate of drug-likeness (QED) is 0.414. The summed E-state index contributed by atoms with van der Waals surface area (Å²) in [6.45, 7) is 4.67. The molecule has 0 rings (SSSR count). The van der Waals surface area contributed by atoms with Crippen LogP contribution in [0.25, 0.3) is 0 Å². The molecule has 2 atom stereocenters. The molecule has 0 aliphatic rings. The average Bonchev–Trinajstić information content (AvgIpc) is 2.02. The van der Waals surface area contributed by atoms with Crippen LogP contribution in [-0.4, -0.2) is 35.6 Å². The maximum absolute atomic E-state index is 9.36. The Morgan fingerprint density at radius 1 is 1.38 bits per heavy atom. The zero-order valence-electron chi connectivity index (χ0n) is 8.53. The lowest BCUT2D eigenvalue weighted by molar-refractivity contribution is 0.0923. The van der Waals surface area contributed by atoms with E-state index in [9.17, 15) is 5.11 Å². The molecule has 0 heterocycles. The summed E-state index contributed by atoms with van der Waals surface area (Å²) in [5, 5.41) is 21.3. The lowest BCUT2D eigenvalue weighted by Crippen LogP contribution is -2.42. The fraction of sp³-hybridized carbons (Fsp3) is 1.00. The lowest BCUT2D eigenvalue weighted by atomic mass is 10.0. The number of rotatable bonds is 7. The molecule has 0 saturated heterocycles. The van der Waals surface area contributed by atoms with Gasteiger partial charge < -0.3 is 15.9 Å². The number of aliphatic hydroxyl groups is 2. The highest BCUT2D eigenvalue weighted by Gasteiger charge is 2.12. The van der Waals surface area contributed by atoms with Crippen molar-refractivity contribution in [2.45, 2.75) is 39.0 Å². The Kier molecular flexibility index (Phi) is 7.17. The van der Waals surface area contributed by atoms with Crippen LogP contribution in [0.15, 0.2) is 0 Å². The van der Waals surface area contributed by atoms with Crippen molar-refractivity contribution in [2.75, 3.05) is 13.2 Å². The lowest BCUT2D eigenvalue weighted by Gasteiger charge is -2.21. The van der Waals surface area contributed by atoms with Gasteiger partial charge in [-0.1, -0.05) is 13.8 Å². The van der Waals surface area contributed by atoms with E-state index in [2.05, 4.69) is 19.2 Å². The molecule has 0 saturated carbocycles. The van der Waals surface area contributed by atoms with Gasteiger partial charge in [-0.05, 0) is 25.3 Å². The van der Waals surface area contributed by atoms with Crippen molar-refractivity contribution in [1.82, 2.24) is 5.32 Å². The molecule has 4 nitrogen and oxygen atoms in total. The summed E-state index contributed by atoms with van der Waals surface area (Å²) in [5.41, 5.74) is 5.29. The second-order valence-electron chi connectivity index (χ2n) is 3.77. The zero-order chi connectivity index (χ0) is 10.3. The van der Waals surface area contributed by atoms with Crippen LogP contribution in [0.3, 0.4) is 0 Å². The molecule has 0 aromatic heterocycles. The fourth-order valence-corrected chi connectivity index (χ4v) is 1.28. The Morgan fingerprint density at radius 3 is 2.38 bits per heavy atom. The maximum Gasteiger partial charge on any atom is 0.106 e. The molecular weight excluding hydrogens is 168 g/mol. The second-order valence-corrected chi connectivity index (χ2v) is 3.77. The van der Waals surface area contributed by atoms with E-state index in [1.165, 1.54) is 0 Å². The normalized spacial score (nSPS) is 16.2. The third-order valence-corrected chi connectivity index (χ3v) is 1.84. The number of hydrogen-bond acceptors (Lipinski definition) is 4. The highest BCUT2D eigenvalue weighted by molar-refractivity contribution is 4.69. The van der Waals surface area contributed by atoms with Gasteiger partial charge in [-0.3, -0.25) is 5.32 Å². The minimum atomic E-state index is -0.596. The molecule has 0 bridgehead atoms. The van der Waals surface area contributed by atoms with Gasteiger partial charge in [0, 0.05) is 6.04 Å². The van der Waals surface area contributed by atoms with Crippen LogP contribution in [-0.2, 0) is 0 Å². The minimum Gasteiger partial charge on any atom is -0.395 e. The van der Waals surface area contributed by atoms with E-state index in [1.807, 2.05) is 0 Å². The third kappa shape index (κ3) is 6.95. The molecule has 0 amide bonds. The van der Waals surface area contributed by atoms with E-state index < -0.39 is 6.23 Å². The zero-order valence-corrected chi connectivity index (χ0v) is 8.53. The van der Waals surface area contributed by atoms with Gasteiger partial charge in [0.15, 0.2) is 0 Å². The van der Waals surface area contributed by atoms with Crippen molar-refractivity contribution in [3.05, 3.63) is 0 Å². The van der Waals surface area contributed by atoms with Crippen LogP contribution in [0.1, 0.15) is 26.7 Å². The molecule has 0 aliphatic heterocycles. The van der Waals surface area contributed by atoms with Crippen LogP contribution in [0.4, 0.5) is 0 Å². The van der Waals surface area contributed by atoms with E-state index in [1.54, 1.807) is 0 Å². The predicted octanol–water partition coefficient (Wildman–Crippen LogP) is -0.350. The average molecular weight is 190 g/mol. The molecule has 4 heteroatoms. The first-order chi connectivity index (χ1) is 6.10. The van der Waals surface area contributed by atoms with Gasteiger partial charge in [-0.25, -0.2) is 0 Å². The number of hydrogen-bond donors (Lipinski definition) is 4. The van der Waals surface area contributed by atoms with Crippen LogP contribution < -0.4 is 11.1 Å². The van der Waals surface area contributed by atoms with E-state index in [4.69, 9.17) is 10.8 Å². The maximum atomic E-state index is 9.36. The first-order valence-electron chi connectivity index (χ1n) is 4.85. The van der Waals surface area contributed by atoms with E-state index in [-0.39, 0.29) is 12.6 Å². The van der Waals surface area contributed by atoms with Gasteiger partial charge in [-0.15, -0.1) is 0 Å². The topological polar surface area (TPSA) is 78.5 Å². The molecule has 0 aromatic rings. The molecule has 0 radical (unpaired) electrons. The molecule has 0 spiro atoms. The van der Waals surface area contributed by atoms with Crippen LogP contribution in [0, 0.1) is 5.92 Å². The molecular formula is C9H22N2O2. The van der Waals surface area contributed by atoms with Gasteiger partial charge in [0.05, 0.1) is 6.61 Å². The van der Waals surface area contributed by atoms with E-state index in [0.29, 0.717) is 18.9 Å². The molecule has 2 unspecified atom stereocenters. The monoisotopic (exact) mass is 190 g/mol. The van der Waals surface area contributed by atoms with Crippen molar-refractivity contribution in [3.63, 3.8) is 0 Å². The Labute approximate surface area is 80.1 Å². The largest absolute Gasteiger partial charge is 0.395 e. The van der Waals surface area contributed by atoms with Crippen LogP contribution in [0.5, 0.6) is 0 Å². The summed E-state index contributed by atoms with van der Waals surface area (Å²) in [6.07, 6.45) is 0.785. The molecule has 5 N–H and O–H groups in total. The van der Waals surface area contributed by atoms with Gasteiger partial charge >= 0.3 is 0 Å². The van der Waals surface area contributed by atoms with Crippen molar-refractivity contribution in [3.8, 4) is 0 Å². The number of nitrogens with two attached hydrogens (primary N) is 1. The first-order valence-corrected chi connectivity index (χ1v) is 4.85. The number of nitrogens with one attached hydrogen (secondary N) is 1. The van der Waals surface area contributed by atoms with E-state index in [0.717, 1.165) is 6.42 Å². The molecule has 13 heavy (non-hydrogen) atoms. The third-order valence-electron chi connectivity index (χ3n) is 1.84. The summed E-state index contributed by atoms with van der Waals surface area (Å²) < 4.78 is 0. The first kappa shape index (κ1) is 12.8. The van der Waals surface area contributed by atoms with E-state index >= 15 is 0 Å². The minimum absolute atomic E-state index is 0.0263. The van der Waals surface area contributed by atoms with Gasteiger partial charge in [0.2, 0.25) is 0 Å². The summed E-state index contributed by atoms with van der Waals surface area (Å²) in [6, 6.07) is -0.0263. The van der Waals surface area contributed by atoms with Crippen molar-refractivity contribution in [1.29, 1.82) is 0 Å². The Hall–Kier alpha value is -0.160. The van der Waals surface area contributed by atoms with Gasteiger partial charge in [0.1, 0.15) is 6.23 Å². The van der Waals surface area contributed by atoms with Crippen molar-refractivity contribution < 1.29 is 10.2 Å². The molecule has 0 aromatic carbocycles. The Balaban J connectivity index is 3.69. The summed E-state index contributed by atoms with van der Waals surface area (Å²) in [7, 11) is 0. The van der Waals surface area contributed by atoms with Gasteiger partial charge in [-0.2, -0.15) is 0 Å². The molecule has 0 aliphatic carbocycles. The molecule has 80 valence electrons. The fourth-order valence-electron chi connectivity index (χ4n) is 1.28.